The van der Waals surface area contributed by atoms with Crippen LogP contribution < -0.4 is 5.32 Å². The van der Waals surface area contributed by atoms with Gasteiger partial charge in [-0.05, 0) is 18.1 Å². The number of Topliss-reactive ketones (excluding diaryl/α,β-unsaturated/α-hetero) is 1. The van der Waals surface area contributed by atoms with Crippen LogP contribution in [0.4, 0.5) is 4.79 Å². The Balaban J connectivity index is 1.74. The Labute approximate surface area is 200 Å². The molecule has 2 aliphatic rings. The van der Waals surface area contributed by atoms with Gasteiger partial charge in [-0.2, -0.15) is 0 Å². The number of carbonyl (C=O) groups excluding carboxylic acids is 4. The van der Waals surface area contributed by atoms with E-state index in [0.29, 0.717) is 18.8 Å². The van der Waals surface area contributed by atoms with Crippen LogP contribution in [0.25, 0.3) is 0 Å². The van der Waals surface area contributed by atoms with Crippen molar-refractivity contribution in [1.29, 1.82) is 0 Å². The molecule has 2 heterocycles. The summed E-state index contributed by atoms with van der Waals surface area (Å²) >= 11 is 3.30. The van der Waals surface area contributed by atoms with E-state index in [1.54, 1.807) is 38.1 Å². The second-order valence-corrected chi connectivity index (χ2v) is 9.10. The molecule has 2 saturated heterocycles. The first-order valence-electron chi connectivity index (χ1n) is 10.5. The summed E-state index contributed by atoms with van der Waals surface area (Å²) in [5.41, 5.74) is 0.395. The molecule has 0 saturated carbocycles. The summed E-state index contributed by atoms with van der Waals surface area (Å²) in [4.78, 5) is 51.8. The van der Waals surface area contributed by atoms with Gasteiger partial charge in [0.05, 0.1) is 26.9 Å². The monoisotopic (exact) mass is 526 g/mol. The molecule has 2 aliphatic heterocycles. The smallest absolute Gasteiger partial charge is 0.407 e. The summed E-state index contributed by atoms with van der Waals surface area (Å²) in [6, 6.07) is 4.69. The molecule has 0 aromatic heterocycles. The van der Waals surface area contributed by atoms with Gasteiger partial charge in [0.25, 0.3) is 0 Å². The molecule has 1 N–H and O–H groups in total. The van der Waals surface area contributed by atoms with Crippen LogP contribution >= 0.6 is 15.9 Å². The first-order valence-corrected chi connectivity index (χ1v) is 11.3. The zero-order chi connectivity index (χ0) is 24.2. The number of hydrogen-bond donors (Lipinski definition) is 1. The van der Waals surface area contributed by atoms with Crippen molar-refractivity contribution in [2.45, 2.75) is 38.1 Å². The summed E-state index contributed by atoms with van der Waals surface area (Å²) in [7, 11) is 1.20. The first kappa shape index (κ1) is 25.1. The lowest BCUT2D eigenvalue weighted by Crippen LogP contribution is -2.54. The Morgan fingerprint density at radius 2 is 1.82 bits per heavy atom. The van der Waals surface area contributed by atoms with Gasteiger partial charge < -0.3 is 29.2 Å². The number of halogens is 1. The number of ketones is 1. The first-order chi connectivity index (χ1) is 15.7. The van der Waals surface area contributed by atoms with E-state index >= 15 is 0 Å². The van der Waals surface area contributed by atoms with Crippen molar-refractivity contribution >= 4 is 39.7 Å². The van der Waals surface area contributed by atoms with Crippen molar-refractivity contribution in [3.63, 3.8) is 0 Å². The Bertz CT molecular complexity index is 898. The van der Waals surface area contributed by atoms with Gasteiger partial charge in [-0.15, -0.1) is 0 Å². The Morgan fingerprint density at radius 1 is 1.18 bits per heavy atom. The molecule has 180 valence electrons. The van der Waals surface area contributed by atoms with Gasteiger partial charge in [0.15, 0.2) is 18.2 Å². The topological polar surface area (TPSA) is 120 Å². The number of nitrogens with zero attached hydrogens (tertiary/aromatic N) is 1. The van der Waals surface area contributed by atoms with Crippen LogP contribution in [0, 0.1) is 5.92 Å². The minimum Gasteiger partial charge on any atom is -0.456 e. The van der Waals surface area contributed by atoms with E-state index in [4.69, 9.17) is 14.2 Å². The van der Waals surface area contributed by atoms with Crippen molar-refractivity contribution in [2.75, 3.05) is 33.5 Å². The zero-order valence-electron chi connectivity index (χ0n) is 18.7. The molecule has 33 heavy (non-hydrogen) atoms. The Morgan fingerprint density at radius 3 is 2.39 bits per heavy atom. The van der Waals surface area contributed by atoms with E-state index < -0.39 is 42.4 Å². The molecule has 2 amide bonds. The lowest BCUT2D eigenvalue weighted by atomic mass is 10.0. The lowest BCUT2D eigenvalue weighted by molar-refractivity contribution is -0.153. The van der Waals surface area contributed by atoms with E-state index in [-0.39, 0.29) is 24.7 Å². The Kier molecular flexibility index (Phi) is 8.09. The maximum Gasteiger partial charge on any atom is 0.407 e. The number of rotatable bonds is 7. The molecular weight excluding hydrogens is 500 g/mol. The average molecular weight is 527 g/mol. The van der Waals surface area contributed by atoms with Crippen molar-refractivity contribution < 1.29 is 38.1 Å². The second-order valence-electron chi connectivity index (χ2n) is 8.19. The van der Waals surface area contributed by atoms with Gasteiger partial charge in [-0.25, -0.2) is 9.59 Å². The highest BCUT2D eigenvalue weighted by molar-refractivity contribution is 9.10. The highest BCUT2D eigenvalue weighted by Crippen LogP contribution is 2.36. The number of esters is 1. The maximum absolute atomic E-state index is 13.4. The van der Waals surface area contributed by atoms with Crippen molar-refractivity contribution in [1.82, 2.24) is 10.2 Å². The van der Waals surface area contributed by atoms with Gasteiger partial charge in [0.2, 0.25) is 5.91 Å². The molecule has 1 spiro atoms. The quantitative estimate of drug-likeness (QED) is 0.422. The SMILES string of the molecule is COC(=O)N[C@H](C(=O)N1CC2(CC1C(=O)OCC(=O)c1ccc(Br)cc1)OCCO2)C(C)C. The number of amides is 2. The van der Waals surface area contributed by atoms with Crippen LogP contribution in [0.15, 0.2) is 28.7 Å². The van der Waals surface area contributed by atoms with Crippen LogP contribution in [0.2, 0.25) is 0 Å². The molecule has 10 nitrogen and oxygen atoms in total. The van der Waals surface area contributed by atoms with E-state index in [1.807, 2.05) is 0 Å². The number of likely N-dealkylation sites (tertiary alicyclic amines) is 1. The molecule has 0 radical (unpaired) electrons. The normalized spacial score (nSPS) is 20.0. The molecule has 11 heteroatoms. The standard InChI is InChI=1S/C22H27BrN2O8/c1-13(2)18(24-21(29)30-3)19(27)25-12-22(32-8-9-33-22)10-16(25)20(28)31-11-17(26)14-4-6-15(23)7-5-14/h4-7,13,16,18H,8-12H2,1-3H3,(H,24,29)/t16?,18-/m0/s1. The molecule has 1 aromatic rings. The maximum atomic E-state index is 13.4. The fourth-order valence-corrected chi connectivity index (χ4v) is 4.08. The molecule has 1 unspecified atom stereocenters. The van der Waals surface area contributed by atoms with Crippen molar-refractivity contribution in [3.05, 3.63) is 34.3 Å². The fraction of sp³-hybridized carbons (Fsp3) is 0.545. The molecule has 2 fully saturated rings. The summed E-state index contributed by atoms with van der Waals surface area (Å²) in [6.07, 6.45) is -0.698. The van der Waals surface area contributed by atoms with Crippen molar-refractivity contribution in [3.8, 4) is 0 Å². The van der Waals surface area contributed by atoms with Gasteiger partial charge >= 0.3 is 12.1 Å². The molecule has 0 aliphatic carbocycles. The molecule has 1 aromatic carbocycles. The van der Waals surface area contributed by atoms with Crippen LogP contribution in [-0.4, -0.2) is 80.0 Å². The molecule has 2 atom stereocenters. The van der Waals surface area contributed by atoms with E-state index in [1.165, 1.54) is 12.0 Å². The third-order valence-corrected chi connectivity index (χ3v) is 6.09. The average Bonchev–Trinajstić information content (AvgIpc) is 3.42. The number of alkyl carbamates (subject to hydrolysis) is 1. The van der Waals surface area contributed by atoms with Gasteiger partial charge in [-0.3, -0.25) is 9.59 Å². The second kappa shape index (κ2) is 10.6. The number of carbonyl (C=O) groups is 4. The van der Waals surface area contributed by atoms with Crippen LogP contribution in [0.1, 0.15) is 30.6 Å². The third-order valence-electron chi connectivity index (χ3n) is 5.56. The molecule has 3 rings (SSSR count). The molecular formula is C22H27BrN2O8. The van der Waals surface area contributed by atoms with E-state index in [2.05, 4.69) is 26.0 Å². The summed E-state index contributed by atoms with van der Waals surface area (Å²) in [5.74, 6) is -3.02. The summed E-state index contributed by atoms with van der Waals surface area (Å²) in [5, 5.41) is 2.51. The number of benzene rings is 1. The highest BCUT2D eigenvalue weighted by Gasteiger charge is 2.54. The van der Waals surface area contributed by atoms with E-state index in [0.717, 1.165) is 4.47 Å². The summed E-state index contributed by atoms with van der Waals surface area (Å²) in [6.45, 7) is 3.72. The highest BCUT2D eigenvalue weighted by atomic mass is 79.9. The van der Waals surface area contributed by atoms with Crippen LogP contribution in [0.3, 0.4) is 0 Å². The number of nitrogens with one attached hydrogen (secondary N) is 1. The van der Waals surface area contributed by atoms with Gasteiger partial charge in [0.1, 0.15) is 12.1 Å². The van der Waals surface area contributed by atoms with Gasteiger partial charge in [0, 0.05) is 16.5 Å². The predicted octanol–water partition coefficient (Wildman–Crippen LogP) is 1.90. The third kappa shape index (κ3) is 5.90. The van der Waals surface area contributed by atoms with Crippen molar-refractivity contribution in [2.24, 2.45) is 5.92 Å². The van der Waals surface area contributed by atoms with Gasteiger partial charge in [-0.1, -0.05) is 41.9 Å². The van der Waals surface area contributed by atoms with Crippen LogP contribution in [-0.2, 0) is 28.5 Å². The summed E-state index contributed by atoms with van der Waals surface area (Å²) < 4.78 is 22.1. The molecule has 0 bridgehead atoms. The fourth-order valence-electron chi connectivity index (χ4n) is 3.82. The number of methoxy groups -OCH3 is 1. The Hall–Kier alpha value is -2.50. The lowest BCUT2D eigenvalue weighted by Gasteiger charge is -2.29. The predicted molar refractivity (Wildman–Crippen MR) is 118 cm³/mol. The number of hydrogen-bond acceptors (Lipinski definition) is 8. The van der Waals surface area contributed by atoms with E-state index in [9.17, 15) is 19.2 Å². The minimum atomic E-state index is -1.12. The largest absolute Gasteiger partial charge is 0.456 e. The minimum absolute atomic E-state index is 0.00166. The van der Waals surface area contributed by atoms with Crippen LogP contribution in [0.5, 0.6) is 0 Å². The zero-order valence-corrected chi connectivity index (χ0v) is 20.3. The number of ether oxygens (including phenoxy) is 4.